The third-order valence-corrected chi connectivity index (χ3v) is 5.65. The van der Waals surface area contributed by atoms with Gasteiger partial charge >= 0.3 is 0 Å². The van der Waals surface area contributed by atoms with Crippen molar-refractivity contribution in [2.45, 2.75) is 19.9 Å². The zero-order chi connectivity index (χ0) is 21.0. The number of hydrogen-bond acceptors (Lipinski definition) is 5. The van der Waals surface area contributed by atoms with Crippen molar-refractivity contribution < 1.29 is 19.5 Å². The minimum Gasteiger partial charge on any atom is -0.483 e. The van der Waals surface area contributed by atoms with Gasteiger partial charge in [0.05, 0.1) is 6.04 Å². The first-order chi connectivity index (χ1) is 14.0. The van der Waals surface area contributed by atoms with Gasteiger partial charge in [-0.2, -0.15) is 5.10 Å². The summed E-state index contributed by atoms with van der Waals surface area (Å²) in [6, 6.07) is 11.7. The highest BCUT2D eigenvalue weighted by Crippen LogP contribution is 2.45. The molecule has 2 aliphatic heterocycles. The molecule has 0 spiro atoms. The van der Waals surface area contributed by atoms with E-state index in [1.807, 2.05) is 21.9 Å². The highest BCUT2D eigenvalue weighted by atomic mass is 16.3. The van der Waals surface area contributed by atoms with E-state index in [9.17, 15) is 9.59 Å². The molecule has 2 saturated heterocycles. The maximum atomic E-state index is 12.7. The van der Waals surface area contributed by atoms with Crippen molar-refractivity contribution in [2.75, 3.05) is 19.6 Å². The molecule has 2 aliphatic rings. The summed E-state index contributed by atoms with van der Waals surface area (Å²) in [7, 11) is 0. The van der Waals surface area contributed by atoms with Crippen LogP contribution in [-0.4, -0.2) is 63.0 Å². The molecule has 2 aromatic rings. The van der Waals surface area contributed by atoms with Crippen molar-refractivity contribution in [3.05, 3.63) is 59.4 Å². The van der Waals surface area contributed by atoms with Crippen molar-refractivity contribution in [1.29, 1.82) is 0 Å². The lowest BCUT2D eigenvalue weighted by atomic mass is 9.87. The van der Waals surface area contributed by atoms with Crippen LogP contribution in [0.2, 0.25) is 0 Å². The number of fused-ring (bicyclic) bond motifs is 1. The third kappa shape index (κ3) is 4.11. The number of carboxylic acid groups (broad SMARTS) is 1. The molecular formula is C21H24N4O4. The smallest absolute Gasteiger partial charge is 0.290 e. The number of carbonyl (C=O) groups is 3. The first-order valence-corrected chi connectivity index (χ1v) is 9.45. The second kappa shape index (κ2) is 8.81. The van der Waals surface area contributed by atoms with Crippen LogP contribution in [0.1, 0.15) is 34.6 Å². The van der Waals surface area contributed by atoms with Gasteiger partial charge in [0, 0.05) is 44.6 Å². The van der Waals surface area contributed by atoms with Gasteiger partial charge in [-0.1, -0.05) is 24.3 Å². The number of rotatable bonds is 2. The number of hydrogen-bond donors (Lipinski definition) is 1. The molecule has 0 aliphatic carbocycles. The lowest BCUT2D eigenvalue weighted by Gasteiger charge is -2.30. The molecular weight excluding hydrogens is 372 g/mol. The second-order valence-corrected chi connectivity index (χ2v) is 7.32. The average Bonchev–Trinajstić information content (AvgIpc) is 3.27. The Bertz CT molecular complexity index is 889. The van der Waals surface area contributed by atoms with Crippen molar-refractivity contribution in [1.82, 2.24) is 20.0 Å². The second-order valence-electron chi connectivity index (χ2n) is 7.32. The molecule has 4 rings (SSSR count). The molecule has 2 amide bonds. The summed E-state index contributed by atoms with van der Waals surface area (Å²) in [4.78, 5) is 37.2. The highest BCUT2D eigenvalue weighted by molar-refractivity contribution is 5.92. The fourth-order valence-corrected chi connectivity index (χ4v) is 4.43. The standard InChI is InChI=1S/C20H22N4O2.CH2O2/c1-13-6-3-4-7-16(13)19-17-12-23(10-15(17)11-24(19)14(2)25)20(26)18-8-5-9-21-22-18;2-1-3/h3-9,15,17,19H,10-12H2,1-2H3;1H,(H,2,3)/t15-,17-,19+;/m1./s1. The molecule has 0 bridgehead atoms. The van der Waals surface area contributed by atoms with E-state index in [0.717, 1.165) is 0 Å². The summed E-state index contributed by atoms with van der Waals surface area (Å²) in [5, 5.41) is 14.6. The molecule has 29 heavy (non-hydrogen) atoms. The number of nitrogens with zero attached hydrogens (tertiary/aromatic N) is 4. The van der Waals surface area contributed by atoms with Gasteiger partial charge in [-0.15, -0.1) is 5.10 Å². The Balaban J connectivity index is 0.000000755. The van der Waals surface area contributed by atoms with Gasteiger partial charge in [0.25, 0.3) is 12.4 Å². The number of carbonyl (C=O) groups excluding carboxylic acids is 2. The fourth-order valence-electron chi connectivity index (χ4n) is 4.43. The molecule has 1 N–H and O–H groups in total. The number of aryl methyl sites for hydroxylation is 1. The van der Waals surface area contributed by atoms with Gasteiger partial charge in [0.2, 0.25) is 5.91 Å². The van der Waals surface area contributed by atoms with E-state index in [2.05, 4.69) is 29.3 Å². The third-order valence-electron chi connectivity index (χ3n) is 5.65. The Hall–Kier alpha value is -3.29. The van der Waals surface area contributed by atoms with Crippen molar-refractivity contribution >= 4 is 18.3 Å². The number of benzene rings is 1. The van der Waals surface area contributed by atoms with Gasteiger partial charge in [-0.05, 0) is 30.2 Å². The van der Waals surface area contributed by atoms with Crippen molar-refractivity contribution in [3.63, 3.8) is 0 Å². The molecule has 3 heterocycles. The topological polar surface area (TPSA) is 104 Å². The van der Waals surface area contributed by atoms with E-state index in [4.69, 9.17) is 9.90 Å². The maximum Gasteiger partial charge on any atom is 0.290 e. The van der Waals surface area contributed by atoms with E-state index in [1.165, 1.54) is 11.1 Å². The summed E-state index contributed by atoms with van der Waals surface area (Å²) >= 11 is 0. The van der Waals surface area contributed by atoms with Crippen molar-refractivity contribution in [2.24, 2.45) is 11.8 Å². The Labute approximate surface area is 169 Å². The molecule has 8 nitrogen and oxygen atoms in total. The van der Waals surface area contributed by atoms with Crippen LogP contribution >= 0.6 is 0 Å². The van der Waals surface area contributed by atoms with E-state index >= 15 is 0 Å². The van der Waals surface area contributed by atoms with E-state index in [-0.39, 0.29) is 30.2 Å². The molecule has 3 atom stereocenters. The highest BCUT2D eigenvalue weighted by Gasteiger charge is 2.49. The van der Waals surface area contributed by atoms with Crippen LogP contribution in [0.5, 0.6) is 0 Å². The minimum absolute atomic E-state index is 0.0263. The minimum atomic E-state index is -0.250. The Kier molecular flexibility index (Phi) is 6.21. The largest absolute Gasteiger partial charge is 0.483 e. The number of aromatic nitrogens is 2. The molecule has 0 saturated carbocycles. The lowest BCUT2D eigenvalue weighted by Crippen LogP contribution is -2.37. The van der Waals surface area contributed by atoms with Gasteiger partial charge in [0.1, 0.15) is 0 Å². The normalized spacial score (nSPS) is 22.5. The Morgan fingerprint density at radius 3 is 2.48 bits per heavy atom. The molecule has 1 aromatic heterocycles. The van der Waals surface area contributed by atoms with Crippen LogP contribution in [0.3, 0.4) is 0 Å². The van der Waals surface area contributed by atoms with E-state index in [1.54, 1.807) is 25.3 Å². The van der Waals surface area contributed by atoms with Crippen LogP contribution in [-0.2, 0) is 9.59 Å². The molecule has 8 heteroatoms. The van der Waals surface area contributed by atoms with Crippen LogP contribution in [0.4, 0.5) is 0 Å². The van der Waals surface area contributed by atoms with Crippen LogP contribution < -0.4 is 0 Å². The van der Waals surface area contributed by atoms with Gasteiger partial charge in [-0.25, -0.2) is 0 Å². The van der Waals surface area contributed by atoms with E-state index < -0.39 is 0 Å². The average molecular weight is 396 g/mol. The number of likely N-dealkylation sites (tertiary alicyclic amines) is 2. The predicted molar refractivity (Wildman–Crippen MR) is 105 cm³/mol. The first kappa shape index (κ1) is 20.4. The predicted octanol–water partition coefficient (Wildman–Crippen LogP) is 1.78. The monoisotopic (exact) mass is 396 g/mol. The number of amides is 2. The van der Waals surface area contributed by atoms with Gasteiger partial charge in [0.15, 0.2) is 5.69 Å². The van der Waals surface area contributed by atoms with Crippen molar-refractivity contribution in [3.8, 4) is 0 Å². The van der Waals surface area contributed by atoms with Crippen LogP contribution in [0.15, 0.2) is 42.6 Å². The van der Waals surface area contributed by atoms with Crippen LogP contribution in [0, 0.1) is 18.8 Å². The van der Waals surface area contributed by atoms with Crippen LogP contribution in [0.25, 0.3) is 0 Å². The fraction of sp³-hybridized carbons (Fsp3) is 0.381. The molecule has 0 unspecified atom stereocenters. The van der Waals surface area contributed by atoms with Gasteiger partial charge < -0.3 is 14.9 Å². The summed E-state index contributed by atoms with van der Waals surface area (Å²) in [6.45, 7) is 5.46. The molecule has 152 valence electrons. The first-order valence-electron chi connectivity index (χ1n) is 9.45. The zero-order valence-electron chi connectivity index (χ0n) is 16.4. The lowest BCUT2D eigenvalue weighted by molar-refractivity contribution is -0.130. The maximum absolute atomic E-state index is 12.7. The molecule has 2 fully saturated rings. The summed E-state index contributed by atoms with van der Waals surface area (Å²) in [5.74, 6) is 0.564. The Morgan fingerprint density at radius 2 is 1.86 bits per heavy atom. The summed E-state index contributed by atoms with van der Waals surface area (Å²) in [6.07, 6.45) is 1.56. The summed E-state index contributed by atoms with van der Waals surface area (Å²) in [5.41, 5.74) is 2.75. The summed E-state index contributed by atoms with van der Waals surface area (Å²) < 4.78 is 0. The quantitative estimate of drug-likeness (QED) is 0.776. The Morgan fingerprint density at radius 1 is 1.14 bits per heavy atom. The molecule has 0 radical (unpaired) electrons. The molecule has 1 aromatic carbocycles. The SMILES string of the molecule is CC(=O)N1C[C@H]2CN(C(=O)c3cccnn3)C[C@H]2[C@@H]1c1ccccc1C.O=CO. The van der Waals surface area contributed by atoms with E-state index in [0.29, 0.717) is 31.2 Å². The zero-order valence-corrected chi connectivity index (χ0v) is 16.4. The van der Waals surface area contributed by atoms with Gasteiger partial charge in [-0.3, -0.25) is 14.4 Å².